The minimum Gasteiger partial charge on any atom is -0.298 e. The maximum atomic E-state index is 5.04. The van der Waals surface area contributed by atoms with Gasteiger partial charge in [-0.3, -0.25) is 4.57 Å². The predicted molar refractivity (Wildman–Crippen MR) is 192 cm³/mol. The highest BCUT2D eigenvalue weighted by Gasteiger charge is 2.24. The predicted octanol–water partition coefficient (Wildman–Crippen LogP) is 6.83. The molecule has 7 aromatic carbocycles. The first-order valence-electron chi connectivity index (χ1n) is 15.0. The molecule has 8 aromatic rings. The van der Waals surface area contributed by atoms with Crippen molar-refractivity contribution < 1.29 is 0 Å². The van der Waals surface area contributed by atoms with E-state index >= 15 is 0 Å². The molecule has 1 heterocycles. The normalized spacial score (nSPS) is 12.0. The molecule has 0 saturated heterocycles. The van der Waals surface area contributed by atoms with Crippen LogP contribution < -0.4 is 0 Å². The minimum absolute atomic E-state index is 0.0946. The van der Waals surface area contributed by atoms with Gasteiger partial charge in [-0.05, 0) is 84.9 Å². The Balaban J connectivity index is 1.35. The molecule has 1 aromatic heterocycles. The molecule has 0 spiro atoms. The molecule has 2 nitrogen and oxygen atoms in total. The van der Waals surface area contributed by atoms with Gasteiger partial charge in [0.25, 0.3) is 0 Å². The van der Waals surface area contributed by atoms with Gasteiger partial charge < -0.3 is 0 Å². The second-order valence-corrected chi connectivity index (χ2v) is 12.5. The first kappa shape index (κ1) is 25.7. The Labute approximate surface area is 254 Å². The largest absolute Gasteiger partial charge is 0.298 e. The Morgan fingerprint density at radius 1 is 0.488 bits per heavy atom. The standard InChI is InChI=1S/C38H29B3N2/c39-38(40,41)37-42-33-15-7-8-16-34(33)43(37)28-21-19-25(20-22-28)35-29-11-3-5-13-31(29)36(32-14-6-4-12-30(32)35)27-18-17-24-9-1-2-10-26(24)23-27/h1-23H,39-41H2. The van der Waals surface area contributed by atoms with Crippen LogP contribution in [0.4, 0.5) is 0 Å². The summed E-state index contributed by atoms with van der Waals surface area (Å²) in [6.07, 6.45) is 0. The SMILES string of the molecule is BC(B)(B)c1nc2ccccc2n1-c1ccc(-c2c3ccccc3c(-c3ccc4ccccc4c3)c3ccccc23)cc1. The minimum atomic E-state index is -0.0946. The van der Waals surface area contributed by atoms with Crippen molar-refractivity contribution in [2.75, 3.05) is 0 Å². The molecule has 0 amide bonds. The van der Waals surface area contributed by atoms with Gasteiger partial charge in [-0.15, -0.1) is 0 Å². The number of aromatic nitrogens is 2. The van der Waals surface area contributed by atoms with Crippen molar-refractivity contribution in [1.29, 1.82) is 0 Å². The lowest BCUT2D eigenvalue weighted by molar-refractivity contribution is 0.929. The van der Waals surface area contributed by atoms with Crippen LogP contribution in [0.15, 0.2) is 140 Å². The number of para-hydroxylation sites is 2. The summed E-state index contributed by atoms with van der Waals surface area (Å²) in [6.45, 7) is 0. The number of hydrogen-bond donors (Lipinski definition) is 0. The molecule has 0 fully saturated rings. The van der Waals surface area contributed by atoms with E-state index in [0.717, 1.165) is 22.5 Å². The maximum Gasteiger partial charge on any atom is 0.0994 e. The lowest BCUT2D eigenvalue weighted by Crippen LogP contribution is -2.31. The third-order valence-corrected chi connectivity index (χ3v) is 8.62. The molecule has 0 aliphatic heterocycles. The lowest BCUT2D eigenvalue weighted by Gasteiger charge is -2.21. The van der Waals surface area contributed by atoms with Crippen molar-refractivity contribution in [2.45, 2.75) is 5.11 Å². The average Bonchev–Trinajstić information content (AvgIpc) is 3.44. The Bertz CT molecular complexity index is 2270. The van der Waals surface area contributed by atoms with Crippen LogP contribution >= 0.6 is 0 Å². The van der Waals surface area contributed by atoms with Gasteiger partial charge in [-0.2, -0.15) is 0 Å². The number of nitrogens with zero attached hydrogens (tertiary/aromatic N) is 2. The molecular formula is C38H29B3N2. The lowest BCUT2D eigenvalue weighted by atomic mass is 9.42. The van der Waals surface area contributed by atoms with Crippen LogP contribution in [0.2, 0.25) is 0 Å². The van der Waals surface area contributed by atoms with Crippen molar-refractivity contribution >= 4 is 66.9 Å². The molecule has 0 atom stereocenters. The quantitative estimate of drug-likeness (QED) is 0.175. The highest BCUT2D eigenvalue weighted by molar-refractivity contribution is 6.58. The maximum absolute atomic E-state index is 5.04. The second-order valence-electron chi connectivity index (χ2n) is 12.5. The molecule has 43 heavy (non-hydrogen) atoms. The Kier molecular flexibility index (Phi) is 5.84. The summed E-state index contributed by atoms with van der Waals surface area (Å²) in [5.41, 5.74) is 8.31. The monoisotopic (exact) mass is 546 g/mol. The van der Waals surface area contributed by atoms with Crippen LogP contribution in [0.25, 0.3) is 71.3 Å². The third kappa shape index (κ3) is 4.19. The summed E-state index contributed by atoms with van der Waals surface area (Å²) in [5.74, 6) is 1.07. The van der Waals surface area contributed by atoms with E-state index < -0.39 is 0 Å². The number of rotatable bonds is 4. The van der Waals surface area contributed by atoms with Crippen LogP contribution in [0.5, 0.6) is 0 Å². The summed E-state index contributed by atoms with van der Waals surface area (Å²) in [5, 5.41) is 7.49. The van der Waals surface area contributed by atoms with Gasteiger partial charge in [0.05, 0.1) is 40.4 Å². The van der Waals surface area contributed by atoms with Crippen LogP contribution in [0.3, 0.4) is 0 Å². The van der Waals surface area contributed by atoms with Gasteiger partial charge in [0.15, 0.2) is 0 Å². The number of imidazole rings is 1. The van der Waals surface area contributed by atoms with Gasteiger partial charge in [0.1, 0.15) is 0 Å². The fourth-order valence-corrected chi connectivity index (χ4v) is 6.66. The Morgan fingerprint density at radius 2 is 1.00 bits per heavy atom. The van der Waals surface area contributed by atoms with E-state index in [1.54, 1.807) is 0 Å². The van der Waals surface area contributed by atoms with E-state index in [4.69, 9.17) is 4.98 Å². The van der Waals surface area contributed by atoms with E-state index in [2.05, 4.69) is 168 Å². The average molecular weight is 546 g/mol. The Hall–Kier alpha value is -5.02. The molecule has 200 valence electrons. The highest BCUT2D eigenvalue weighted by atomic mass is 15.1. The molecular weight excluding hydrogens is 517 g/mol. The smallest absolute Gasteiger partial charge is 0.0994 e. The summed E-state index contributed by atoms with van der Waals surface area (Å²) in [6, 6.07) is 50.7. The molecule has 0 bridgehead atoms. The first-order valence-corrected chi connectivity index (χ1v) is 15.0. The Morgan fingerprint density at radius 3 is 1.63 bits per heavy atom. The van der Waals surface area contributed by atoms with Crippen molar-refractivity contribution in [3.05, 3.63) is 145 Å². The van der Waals surface area contributed by atoms with Crippen molar-refractivity contribution in [3.63, 3.8) is 0 Å². The molecule has 0 radical (unpaired) electrons. The van der Waals surface area contributed by atoms with Gasteiger partial charge >= 0.3 is 0 Å². The topological polar surface area (TPSA) is 17.8 Å². The first-order chi connectivity index (χ1) is 21.0. The fourth-order valence-electron chi connectivity index (χ4n) is 6.66. The van der Waals surface area contributed by atoms with Crippen LogP contribution in [-0.2, 0) is 5.11 Å². The van der Waals surface area contributed by atoms with E-state index in [1.165, 1.54) is 54.6 Å². The zero-order valence-electron chi connectivity index (χ0n) is 24.7. The van der Waals surface area contributed by atoms with Gasteiger partial charge in [0, 0.05) is 5.69 Å². The van der Waals surface area contributed by atoms with Crippen molar-refractivity contribution in [1.82, 2.24) is 9.55 Å². The van der Waals surface area contributed by atoms with Gasteiger partial charge in [-0.1, -0.05) is 114 Å². The van der Waals surface area contributed by atoms with Crippen LogP contribution in [0, 0.1) is 0 Å². The molecule has 0 unspecified atom stereocenters. The van der Waals surface area contributed by atoms with Crippen LogP contribution in [0.1, 0.15) is 5.82 Å². The van der Waals surface area contributed by atoms with E-state index in [-0.39, 0.29) is 5.11 Å². The molecule has 0 aliphatic rings. The van der Waals surface area contributed by atoms with Crippen LogP contribution in [-0.4, -0.2) is 33.1 Å². The summed E-state index contributed by atoms with van der Waals surface area (Å²) >= 11 is 0. The van der Waals surface area contributed by atoms with E-state index in [0.29, 0.717) is 0 Å². The zero-order chi connectivity index (χ0) is 29.1. The molecule has 0 N–H and O–H groups in total. The molecule has 0 saturated carbocycles. The summed E-state index contributed by atoms with van der Waals surface area (Å²) in [7, 11) is 6.69. The highest BCUT2D eigenvalue weighted by Crippen LogP contribution is 2.44. The third-order valence-electron chi connectivity index (χ3n) is 8.62. The summed E-state index contributed by atoms with van der Waals surface area (Å²) < 4.78 is 2.32. The summed E-state index contributed by atoms with van der Waals surface area (Å²) in [4.78, 5) is 5.04. The van der Waals surface area contributed by atoms with Gasteiger partial charge in [-0.25, -0.2) is 4.98 Å². The van der Waals surface area contributed by atoms with Gasteiger partial charge in [0.2, 0.25) is 0 Å². The number of hydrogen-bond acceptors (Lipinski definition) is 1. The fraction of sp³-hybridized carbons (Fsp3) is 0.0263. The number of fused-ring (bicyclic) bond motifs is 4. The van der Waals surface area contributed by atoms with E-state index in [1.807, 2.05) is 0 Å². The molecule has 5 heteroatoms. The van der Waals surface area contributed by atoms with E-state index in [9.17, 15) is 0 Å². The van der Waals surface area contributed by atoms with Crippen molar-refractivity contribution in [2.24, 2.45) is 0 Å². The molecule has 0 aliphatic carbocycles. The second kappa shape index (κ2) is 9.78. The zero-order valence-corrected chi connectivity index (χ0v) is 24.7. The molecule has 8 rings (SSSR count). The number of benzene rings is 7. The van der Waals surface area contributed by atoms with Crippen molar-refractivity contribution in [3.8, 4) is 27.9 Å².